The second kappa shape index (κ2) is 11.9. The summed E-state index contributed by atoms with van der Waals surface area (Å²) in [6.07, 6.45) is 2.33. The molecular weight excluding hydrogens is 675 g/mol. The van der Waals surface area contributed by atoms with Gasteiger partial charge >= 0.3 is 0 Å². The van der Waals surface area contributed by atoms with E-state index >= 15 is 4.79 Å². The second-order valence-corrected chi connectivity index (χ2v) is 14.3. The number of benzene rings is 4. The van der Waals surface area contributed by atoms with Gasteiger partial charge in [0.2, 0.25) is 23.6 Å². The maximum atomic E-state index is 15.3. The first kappa shape index (κ1) is 32.3. The van der Waals surface area contributed by atoms with Gasteiger partial charge in [-0.25, -0.2) is 9.80 Å². The van der Waals surface area contributed by atoms with Gasteiger partial charge < -0.3 is 9.84 Å². The SMILES string of the molecule is COc1ccc(O)c(C2C3=CCC4C(=O)N(c5ccc(C)c(Cl)c5)C(=O)C4C3CC3C(=O)N(c4cccc(Cl)c4)C(=O)C32c2ccccc2)c1. The fourth-order valence-electron chi connectivity index (χ4n) is 8.95. The number of nitrogens with zero attached hydrogens (tertiary/aromatic N) is 2. The van der Waals surface area contributed by atoms with Gasteiger partial charge in [-0.05, 0) is 85.3 Å². The number of aryl methyl sites for hydroxylation is 1. The Morgan fingerprint density at radius 2 is 1.56 bits per heavy atom. The molecule has 252 valence electrons. The first-order chi connectivity index (χ1) is 24.1. The van der Waals surface area contributed by atoms with Crippen LogP contribution in [0.25, 0.3) is 0 Å². The van der Waals surface area contributed by atoms with Crippen LogP contribution < -0.4 is 14.5 Å². The highest BCUT2D eigenvalue weighted by Gasteiger charge is 2.70. The van der Waals surface area contributed by atoms with Gasteiger partial charge in [0.25, 0.3) is 0 Å². The summed E-state index contributed by atoms with van der Waals surface area (Å²) in [5.41, 5.74) is 1.74. The maximum absolute atomic E-state index is 15.3. The van der Waals surface area contributed by atoms with Crippen molar-refractivity contribution in [2.75, 3.05) is 16.9 Å². The van der Waals surface area contributed by atoms with Crippen LogP contribution in [0.3, 0.4) is 0 Å². The number of hydrogen-bond acceptors (Lipinski definition) is 6. The van der Waals surface area contributed by atoms with Crippen LogP contribution >= 0.6 is 23.2 Å². The van der Waals surface area contributed by atoms with Crippen LogP contribution in [0, 0.1) is 30.6 Å². The fourth-order valence-corrected chi connectivity index (χ4v) is 9.31. The topological polar surface area (TPSA) is 104 Å². The number of methoxy groups -OCH3 is 1. The van der Waals surface area contributed by atoms with E-state index in [2.05, 4.69) is 0 Å². The third-order valence-electron chi connectivity index (χ3n) is 11.1. The number of imide groups is 2. The zero-order valence-corrected chi connectivity index (χ0v) is 28.7. The summed E-state index contributed by atoms with van der Waals surface area (Å²) in [4.78, 5) is 61.2. The number of fused-ring (bicyclic) bond motifs is 4. The number of carbonyl (C=O) groups excluding carboxylic acids is 4. The number of hydrogen-bond donors (Lipinski definition) is 1. The largest absolute Gasteiger partial charge is 0.508 e. The zero-order valence-electron chi connectivity index (χ0n) is 27.2. The number of phenols is 1. The predicted molar refractivity (Wildman–Crippen MR) is 189 cm³/mol. The molecule has 1 saturated carbocycles. The van der Waals surface area contributed by atoms with Gasteiger partial charge in [0, 0.05) is 21.5 Å². The summed E-state index contributed by atoms with van der Waals surface area (Å²) in [5.74, 6) is -5.14. The van der Waals surface area contributed by atoms with Gasteiger partial charge in [-0.15, -0.1) is 0 Å². The summed E-state index contributed by atoms with van der Waals surface area (Å²) >= 11 is 12.8. The first-order valence-electron chi connectivity index (χ1n) is 16.5. The number of rotatable bonds is 5. The summed E-state index contributed by atoms with van der Waals surface area (Å²) < 4.78 is 5.60. The molecule has 0 spiro atoms. The Morgan fingerprint density at radius 1 is 0.800 bits per heavy atom. The summed E-state index contributed by atoms with van der Waals surface area (Å²) in [6, 6.07) is 25.7. The van der Waals surface area contributed by atoms with Crippen LogP contribution in [-0.4, -0.2) is 35.8 Å². The lowest BCUT2D eigenvalue weighted by molar-refractivity contribution is -0.127. The maximum Gasteiger partial charge on any atom is 0.246 e. The third kappa shape index (κ3) is 4.51. The lowest BCUT2D eigenvalue weighted by Gasteiger charge is -2.50. The van der Waals surface area contributed by atoms with Crippen molar-refractivity contribution in [2.45, 2.75) is 31.1 Å². The fraction of sp³-hybridized carbons (Fsp3) is 0.250. The molecule has 8 nitrogen and oxygen atoms in total. The van der Waals surface area contributed by atoms with Crippen LogP contribution in [0.2, 0.25) is 10.0 Å². The van der Waals surface area contributed by atoms with Crippen molar-refractivity contribution in [3.63, 3.8) is 0 Å². The van der Waals surface area contributed by atoms with Crippen LogP contribution in [0.5, 0.6) is 11.5 Å². The molecule has 8 rings (SSSR count). The summed E-state index contributed by atoms with van der Waals surface area (Å²) in [7, 11) is 1.51. The Labute approximate surface area is 298 Å². The van der Waals surface area contributed by atoms with Crippen molar-refractivity contribution >= 4 is 58.2 Å². The summed E-state index contributed by atoms with van der Waals surface area (Å²) in [5, 5.41) is 12.4. The van der Waals surface area contributed by atoms with Crippen molar-refractivity contribution < 1.29 is 29.0 Å². The van der Waals surface area contributed by atoms with Crippen LogP contribution in [0.1, 0.15) is 35.4 Å². The molecule has 3 fully saturated rings. The molecule has 2 aliphatic carbocycles. The molecule has 4 aromatic rings. The van der Waals surface area contributed by atoms with E-state index in [0.29, 0.717) is 38.3 Å². The normalized spacial score (nSPS) is 27.2. The Hall–Kier alpha value is -4.92. The predicted octanol–water partition coefficient (Wildman–Crippen LogP) is 7.38. The Morgan fingerprint density at radius 3 is 2.28 bits per heavy atom. The molecule has 4 amide bonds. The van der Waals surface area contributed by atoms with Gasteiger partial charge in [-0.3, -0.25) is 19.2 Å². The minimum absolute atomic E-state index is 0.0836. The van der Waals surface area contributed by atoms with Gasteiger partial charge in [-0.1, -0.05) is 77.3 Å². The molecule has 1 N–H and O–H groups in total. The molecule has 2 saturated heterocycles. The molecule has 50 heavy (non-hydrogen) atoms. The van der Waals surface area contributed by atoms with Crippen molar-refractivity contribution in [3.8, 4) is 11.5 Å². The van der Waals surface area contributed by atoms with E-state index in [0.717, 1.165) is 11.1 Å². The molecule has 0 radical (unpaired) electrons. The standard InChI is InChI=1S/C40H32Cl2N2O6/c1-21-11-12-25(18-32(21)42)43-36(46)28-15-14-27-29(34(28)38(43)48)20-31-37(47)44(24-10-6-9-23(41)17-24)39(49)40(31,22-7-4-3-5-8-22)35(27)30-19-26(50-2)13-16-33(30)45/h3-14,16-19,28-29,31,34-35,45H,15,20H2,1-2H3. The van der Waals surface area contributed by atoms with E-state index in [1.807, 2.05) is 43.3 Å². The highest BCUT2D eigenvalue weighted by Crippen LogP contribution is 2.65. The van der Waals surface area contributed by atoms with E-state index in [1.54, 1.807) is 54.6 Å². The number of ether oxygens (including phenoxy) is 1. The lowest BCUT2D eigenvalue weighted by atomic mass is 9.49. The number of phenolic OH excluding ortho intramolecular Hbond substituents is 1. The molecule has 0 bridgehead atoms. The molecule has 4 aliphatic rings. The molecule has 2 aliphatic heterocycles. The van der Waals surface area contributed by atoms with E-state index in [-0.39, 0.29) is 30.4 Å². The van der Waals surface area contributed by atoms with Gasteiger partial charge in [0.15, 0.2) is 0 Å². The van der Waals surface area contributed by atoms with Gasteiger partial charge in [-0.2, -0.15) is 0 Å². The van der Waals surface area contributed by atoms with E-state index in [4.69, 9.17) is 27.9 Å². The number of anilines is 2. The highest BCUT2D eigenvalue weighted by atomic mass is 35.5. The average molecular weight is 708 g/mol. The van der Waals surface area contributed by atoms with Crippen molar-refractivity contribution in [2.24, 2.45) is 23.7 Å². The quantitative estimate of drug-likeness (QED) is 0.172. The molecule has 6 atom stereocenters. The Kier molecular flexibility index (Phi) is 7.66. The molecule has 4 aromatic carbocycles. The third-order valence-corrected chi connectivity index (χ3v) is 11.8. The smallest absolute Gasteiger partial charge is 0.246 e. The first-order valence-corrected chi connectivity index (χ1v) is 17.2. The van der Waals surface area contributed by atoms with Gasteiger partial charge in [0.05, 0.1) is 41.7 Å². The van der Waals surface area contributed by atoms with Gasteiger partial charge in [0.1, 0.15) is 11.5 Å². The molecular formula is C40H32Cl2N2O6. The zero-order chi connectivity index (χ0) is 35.1. The highest BCUT2D eigenvalue weighted by molar-refractivity contribution is 6.33. The van der Waals surface area contributed by atoms with Crippen LogP contribution in [-0.2, 0) is 24.6 Å². The lowest BCUT2D eigenvalue weighted by Crippen LogP contribution is -2.53. The number of aromatic hydroxyl groups is 1. The molecule has 6 unspecified atom stereocenters. The minimum atomic E-state index is -1.52. The monoisotopic (exact) mass is 706 g/mol. The molecule has 0 aromatic heterocycles. The van der Waals surface area contributed by atoms with Crippen LogP contribution in [0.4, 0.5) is 11.4 Å². The molecule has 2 heterocycles. The van der Waals surface area contributed by atoms with Crippen LogP contribution in [0.15, 0.2) is 103 Å². The van der Waals surface area contributed by atoms with Crippen molar-refractivity contribution in [1.29, 1.82) is 0 Å². The molecule has 10 heteroatoms. The summed E-state index contributed by atoms with van der Waals surface area (Å²) in [6.45, 7) is 1.84. The van der Waals surface area contributed by atoms with Crippen molar-refractivity contribution in [1.82, 2.24) is 0 Å². The number of halogens is 2. The number of allylic oxidation sites excluding steroid dienone is 2. The Bertz CT molecular complexity index is 2150. The van der Waals surface area contributed by atoms with Crippen molar-refractivity contribution in [3.05, 3.63) is 129 Å². The Balaban J connectivity index is 1.36. The number of carbonyl (C=O) groups is 4. The average Bonchev–Trinajstić information content (AvgIpc) is 3.51. The van der Waals surface area contributed by atoms with E-state index < -0.39 is 46.8 Å². The van der Waals surface area contributed by atoms with E-state index in [1.165, 1.54) is 23.0 Å². The number of amides is 4. The van der Waals surface area contributed by atoms with E-state index in [9.17, 15) is 19.5 Å². The second-order valence-electron chi connectivity index (χ2n) is 13.5. The minimum Gasteiger partial charge on any atom is -0.508 e.